The molecule has 0 saturated carbocycles. The second-order valence-corrected chi connectivity index (χ2v) is 15.7. The highest BCUT2D eigenvalue weighted by atomic mass is 32.2. The number of benzene rings is 2. The molecular weight excluding hydrogens is 683 g/mol. The number of nitrogens with zero attached hydrogens (tertiary/aromatic N) is 7. The minimum atomic E-state index is -0.208. The minimum Gasteiger partial charge on any atom is -0.327 e. The molecule has 0 bridgehead atoms. The van der Waals surface area contributed by atoms with Crippen molar-refractivity contribution < 1.29 is 9.59 Å². The SMILES string of the molecule is CCCc1c(NC(=O)c2nc3c(n2C)CCN(C2CCN(SC)CC2)C3)cccc1-c1cccc(NC(=O)c2nc3c(n2C)CCN(CCC)C3)c1C. The van der Waals surface area contributed by atoms with Gasteiger partial charge >= 0.3 is 0 Å². The first-order valence-electron chi connectivity index (χ1n) is 19.4. The predicted molar refractivity (Wildman–Crippen MR) is 214 cm³/mol. The highest BCUT2D eigenvalue weighted by Gasteiger charge is 2.31. The van der Waals surface area contributed by atoms with Gasteiger partial charge in [0.2, 0.25) is 0 Å². The lowest BCUT2D eigenvalue weighted by molar-refractivity contribution is 0.100. The van der Waals surface area contributed by atoms with Crippen LogP contribution in [-0.2, 0) is 46.4 Å². The van der Waals surface area contributed by atoms with Crippen LogP contribution in [0.1, 0.15) is 94.7 Å². The van der Waals surface area contributed by atoms with E-state index >= 15 is 0 Å². The second kappa shape index (κ2) is 16.2. The molecule has 2 aromatic carbocycles. The largest absolute Gasteiger partial charge is 0.327 e. The van der Waals surface area contributed by atoms with E-state index < -0.39 is 0 Å². The van der Waals surface area contributed by atoms with Crippen LogP contribution in [0.4, 0.5) is 11.4 Å². The Kier molecular flexibility index (Phi) is 11.4. The van der Waals surface area contributed by atoms with Crippen LogP contribution in [0.5, 0.6) is 0 Å². The van der Waals surface area contributed by atoms with E-state index in [1.165, 1.54) is 12.8 Å². The van der Waals surface area contributed by atoms with Gasteiger partial charge in [-0.25, -0.2) is 9.97 Å². The number of rotatable bonds is 11. The quantitative estimate of drug-likeness (QED) is 0.169. The van der Waals surface area contributed by atoms with Crippen molar-refractivity contribution in [2.45, 2.75) is 84.8 Å². The molecule has 0 atom stereocenters. The fraction of sp³-hybridized carbons (Fsp3) is 0.512. The van der Waals surface area contributed by atoms with Crippen LogP contribution in [0.25, 0.3) is 11.1 Å². The summed E-state index contributed by atoms with van der Waals surface area (Å²) in [4.78, 5) is 42.4. The molecule has 12 heteroatoms. The number of carbonyl (C=O) groups is 2. The van der Waals surface area contributed by atoms with Crippen molar-refractivity contribution in [2.24, 2.45) is 14.1 Å². The van der Waals surface area contributed by atoms with Gasteiger partial charge in [-0.1, -0.05) is 56.5 Å². The average molecular weight is 738 g/mol. The maximum Gasteiger partial charge on any atom is 0.291 e. The van der Waals surface area contributed by atoms with Crippen molar-refractivity contribution in [2.75, 3.05) is 49.6 Å². The molecule has 0 radical (unpaired) electrons. The number of imidazole rings is 2. The van der Waals surface area contributed by atoms with Gasteiger partial charge in [0.1, 0.15) is 0 Å². The van der Waals surface area contributed by atoms with Crippen LogP contribution < -0.4 is 10.6 Å². The Morgan fingerprint density at radius 1 is 0.792 bits per heavy atom. The molecule has 11 nitrogen and oxygen atoms in total. The summed E-state index contributed by atoms with van der Waals surface area (Å²) in [6.07, 6.45) is 9.10. The zero-order valence-corrected chi connectivity index (χ0v) is 33.1. The molecule has 0 unspecified atom stereocenters. The topological polar surface area (TPSA) is 104 Å². The van der Waals surface area contributed by atoms with Crippen LogP contribution in [0.2, 0.25) is 0 Å². The summed E-state index contributed by atoms with van der Waals surface area (Å²) in [5.74, 6) is 0.497. The minimum absolute atomic E-state index is 0.190. The van der Waals surface area contributed by atoms with E-state index in [-0.39, 0.29) is 11.8 Å². The molecule has 2 aromatic heterocycles. The third-order valence-electron chi connectivity index (χ3n) is 11.6. The monoisotopic (exact) mass is 737 g/mol. The number of amides is 2. The Balaban J connectivity index is 1.09. The molecule has 7 rings (SSSR count). The molecule has 3 aliphatic heterocycles. The highest BCUT2D eigenvalue weighted by molar-refractivity contribution is 7.96. The van der Waals surface area contributed by atoms with E-state index in [1.807, 2.05) is 66.4 Å². The van der Waals surface area contributed by atoms with Crippen LogP contribution >= 0.6 is 11.9 Å². The van der Waals surface area contributed by atoms with Gasteiger partial charge in [0.15, 0.2) is 11.6 Å². The van der Waals surface area contributed by atoms with E-state index in [1.54, 1.807) is 0 Å². The highest BCUT2D eigenvalue weighted by Crippen LogP contribution is 2.36. The van der Waals surface area contributed by atoms with Gasteiger partial charge in [-0.3, -0.25) is 23.7 Å². The van der Waals surface area contributed by atoms with Gasteiger partial charge in [-0.2, -0.15) is 0 Å². The number of fused-ring (bicyclic) bond motifs is 2. The maximum atomic E-state index is 14.0. The Morgan fingerprint density at radius 2 is 1.40 bits per heavy atom. The number of anilines is 2. The lowest BCUT2D eigenvalue weighted by Gasteiger charge is -2.39. The summed E-state index contributed by atoms with van der Waals surface area (Å²) in [7, 11) is 3.92. The lowest BCUT2D eigenvalue weighted by Crippen LogP contribution is -2.45. The lowest BCUT2D eigenvalue weighted by atomic mass is 9.92. The molecule has 282 valence electrons. The predicted octanol–water partition coefficient (Wildman–Crippen LogP) is 6.45. The van der Waals surface area contributed by atoms with Crippen LogP contribution in [-0.4, -0.2) is 90.0 Å². The van der Waals surface area contributed by atoms with Crippen LogP contribution in [0, 0.1) is 6.92 Å². The molecule has 1 saturated heterocycles. The molecular formula is C41H55N9O2S. The van der Waals surface area contributed by atoms with Crippen molar-refractivity contribution >= 4 is 35.1 Å². The molecule has 1 fully saturated rings. The van der Waals surface area contributed by atoms with Crippen molar-refractivity contribution in [1.29, 1.82) is 0 Å². The Morgan fingerprint density at radius 3 is 2.04 bits per heavy atom. The van der Waals surface area contributed by atoms with Gasteiger partial charge in [0, 0.05) is 95.0 Å². The summed E-state index contributed by atoms with van der Waals surface area (Å²) in [6, 6.07) is 12.7. The molecule has 5 heterocycles. The van der Waals surface area contributed by atoms with Crippen molar-refractivity contribution in [3.63, 3.8) is 0 Å². The zero-order valence-electron chi connectivity index (χ0n) is 32.3. The van der Waals surface area contributed by atoms with Crippen LogP contribution in [0.15, 0.2) is 36.4 Å². The fourth-order valence-corrected chi connectivity index (χ4v) is 9.22. The number of nitrogens with one attached hydrogen (secondary N) is 2. The molecule has 0 spiro atoms. The first-order chi connectivity index (χ1) is 25.7. The first-order valence-corrected chi connectivity index (χ1v) is 20.6. The number of piperidine rings is 1. The van der Waals surface area contributed by atoms with Crippen molar-refractivity contribution in [3.8, 4) is 11.1 Å². The number of carbonyl (C=O) groups excluding carboxylic acids is 2. The molecule has 2 amide bonds. The molecule has 2 N–H and O–H groups in total. The summed E-state index contributed by atoms with van der Waals surface area (Å²) in [6.45, 7) is 13.2. The second-order valence-electron chi connectivity index (χ2n) is 14.8. The van der Waals surface area contributed by atoms with Crippen LogP contribution in [0.3, 0.4) is 0 Å². The smallest absolute Gasteiger partial charge is 0.291 e. The molecule has 3 aliphatic rings. The summed E-state index contributed by atoms with van der Waals surface area (Å²) < 4.78 is 6.40. The van der Waals surface area contributed by atoms with Gasteiger partial charge < -0.3 is 19.8 Å². The Labute approximate surface area is 318 Å². The van der Waals surface area contributed by atoms with Gasteiger partial charge in [0.25, 0.3) is 11.8 Å². The first kappa shape index (κ1) is 37.3. The van der Waals surface area contributed by atoms with Crippen molar-refractivity contribution in [1.82, 2.24) is 33.2 Å². The molecule has 0 aliphatic carbocycles. The summed E-state index contributed by atoms with van der Waals surface area (Å²) in [5.41, 5.74) is 9.98. The Bertz CT molecular complexity index is 1980. The van der Waals surface area contributed by atoms with Gasteiger partial charge in [-0.15, -0.1) is 0 Å². The zero-order chi connectivity index (χ0) is 37.2. The third kappa shape index (κ3) is 7.56. The Hall–Kier alpha value is -3.97. The normalized spacial score (nSPS) is 17.1. The van der Waals surface area contributed by atoms with E-state index in [0.717, 1.165) is 134 Å². The van der Waals surface area contributed by atoms with E-state index in [4.69, 9.17) is 9.97 Å². The standard InChI is InChI=1S/C41H55N9O2S/c1-7-11-31-30(29-12-9-14-32(27(29)3)44-40(51)38-42-34-25-48(20-8-2)21-18-36(34)46(38)4)13-10-15-33(31)45-41(52)39-43-35-26-49(22-19-37(35)47(39)5)28-16-23-50(53-6)24-17-28/h9-10,12-15,28H,7-8,11,16-26H2,1-6H3,(H,44,51)(H,45,52). The fourth-order valence-electron chi connectivity index (χ4n) is 8.64. The average Bonchev–Trinajstić information content (AvgIpc) is 3.68. The summed E-state index contributed by atoms with van der Waals surface area (Å²) >= 11 is 1.84. The number of hydrogen-bond donors (Lipinski definition) is 2. The van der Waals surface area contributed by atoms with E-state index in [9.17, 15) is 9.59 Å². The van der Waals surface area contributed by atoms with E-state index in [0.29, 0.717) is 17.7 Å². The van der Waals surface area contributed by atoms with Gasteiger partial charge in [-0.05, 0) is 79.8 Å². The third-order valence-corrected chi connectivity index (χ3v) is 12.4. The number of aromatic nitrogens is 4. The van der Waals surface area contributed by atoms with Gasteiger partial charge in [0.05, 0.1) is 11.4 Å². The maximum absolute atomic E-state index is 14.0. The summed E-state index contributed by atoms with van der Waals surface area (Å²) in [5, 5.41) is 6.44. The number of hydrogen-bond acceptors (Lipinski definition) is 8. The van der Waals surface area contributed by atoms with E-state index in [2.05, 4.69) is 57.0 Å². The van der Waals surface area contributed by atoms with Crippen molar-refractivity contribution in [3.05, 3.63) is 81.9 Å². The molecule has 53 heavy (non-hydrogen) atoms. The molecule has 4 aromatic rings.